The molecule has 0 spiro atoms. The van der Waals surface area contributed by atoms with Gasteiger partial charge in [0.25, 0.3) is 0 Å². The van der Waals surface area contributed by atoms with E-state index in [1.165, 1.54) is 39.3 Å². The molecule has 1 aromatic carbocycles. The fraction of sp³-hybridized carbons (Fsp3) is 0.550. The first-order chi connectivity index (χ1) is 10.0. The van der Waals surface area contributed by atoms with Crippen molar-refractivity contribution in [3.8, 4) is 5.69 Å². The highest BCUT2D eigenvalue weighted by atomic mass is 15.4. The van der Waals surface area contributed by atoms with E-state index < -0.39 is 0 Å². The lowest BCUT2D eigenvalue weighted by molar-refractivity contribution is -0.698. The molecule has 0 amide bonds. The van der Waals surface area contributed by atoms with Crippen LogP contribution in [-0.4, -0.2) is 4.68 Å². The Morgan fingerprint density at radius 2 is 1.45 bits per heavy atom. The quantitative estimate of drug-likeness (QED) is 0.647. The van der Waals surface area contributed by atoms with E-state index in [4.69, 9.17) is 0 Å². The van der Waals surface area contributed by atoms with Crippen LogP contribution in [0.4, 0.5) is 0 Å². The highest BCUT2D eigenvalue weighted by molar-refractivity contribution is 5.54. The summed E-state index contributed by atoms with van der Waals surface area (Å²) in [5, 5.41) is 0. The van der Waals surface area contributed by atoms with Gasteiger partial charge in [-0.05, 0) is 47.1 Å². The molecule has 0 unspecified atom stereocenters. The molecule has 1 aliphatic heterocycles. The van der Waals surface area contributed by atoms with E-state index in [0.29, 0.717) is 0 Å². The van der Waals surface area contributed by atoms with Gasteiger partial charge in [0.15, 0.2) is 0 Å². The van der Waals surface area contributed by atoms with Crippen molar-refractivity contribution >= 4 is 0 Å². The van der Waals surface area contributed by atoms with Gasteiger partial charge in [0.2, 0.25) is 11.4 Å². The van der Waals surface area contributed by atoms with Crippen LogP contribution in [0.15, 0.2) is 12.1 Å². The second-order valence-electron chi connectivity index (χ2n) is 8.05. The summed E-state index contributed by atoms with van der Waals surface area (Å²) in [6.45, 7) is 18.6. The average molecular weight is 297 g/mol. The SMILES string of the molecule is Cc1ccc2c(c1C)-[n+]1c(c(C)c(C)n1C)C(C)(C)C2(C)C. The van der Waals surface area contributed by atoms with E-state index in [0.717, 1.165) is 0 Å². The fourth-order valence-corrected chi connectivity index (χ4v) is 4.08. The second-order valence-corrected chi connectivity index (χ2v) is 8.05. The van der Waals surface area contributed by atoms with Gasteiger partial charge < -0.3 is 0 Å². The Morgan fingerprint density at radius 1 is 0.864 bits per heavy atom. The largest absolute Gasteiger partial charge is 0.242 e. The molecule has 2 nitrogen and oxygen atoms in total. The number of aryl methyl sites for hydroxylation is 1. The van der Waals surface area contributed by atoms with E-state index in [1.807, 2.05) is 0 Å². The zero-order valence-corrected chi connectivity index (χ0v) is 15.5. The lowest BCUT2D eigenvalue weighted by Gasteiger charge is -2.43. The van der Waals surface area contributed by atoms with Gasteiger partial charge in [-0.1, -0.05) is 30.7 Å². The molecule has 2 heteroatoms. The number of benzene rings is 1. The Morgan fingerprint density at radius 3 is 2.05 bits per heavy atom. The van der Waals surface area contributed by atoms with Gasteiger partial charge in [-0.15, -0.1) is 0 Å². The van der Waals surface area contributed by atoms with Crippen LogP contribution < -0.4 is 4.68 Å². The van der Waals surface area contributed by atoms with Crippen molar-refractivity contribution < 1.29 is 4.68 Å². The third kappa shape index (κ3) is 1.53. The summed E-state index contributed by atoms with van der Waals surface area (Å²) >= 11 is 0. The maximum absolute atomic E-state index is 2.47. The zero-order chi connectivity index (χ0) is 16.6. The molecular weight excluding hydrogens is 268 g/mol. The molecule has 3 rings (SSSR count). The molecule has 0 radical (unpaired) electrons. The summed E-state index contributed by atoms with van der Waals surface area (Å²) in [6, 6.07) is 4.62. The van der Waals surface area contributed by atoms with E-state index in [2.05, 4.69) is 83.9 Å². The highest BCUT2D eigenvalue weighted by Gasteiger charge is 2.55. The number of hydrogen-bond acceptors (Lipinski definition) is 0. The lowest BCUT2D eigenvalue weighted by atomic mass is 9.59. The van der Waals surface area contributed by atoms with Crippen molar-refractivity contribution in [1.82, 2.24) is 4.68 Å². The highest BCUT2D eigenvalue weighted by Crippen LogP contribution is 2.49. The summed E-state index contributed by atoms with van der Waals surface area (Å²) in [6.07, 6.45) is 0. The lowest BCUT2D eigenvalue weighted by Crippen LogP contribution is -2.58. The van der Waals surface area contributed by atoms with Crippen molar-refractivity contribution in [3.63, 3.8) is 0 Å². The van der Waals surface area contributed by atoms with Crippen molar-refractivity contribution in [2.75, 3.05) is 0 Å². The first-order valence-electron chi connectivity index (χ1n) is 8.23. The van der Waals surface area contributed by atoms with Gasteiger partial charge >= 0.3 is 0 Å². The molecule has 1 aliphatic rings. The number of aromatic nitrogens is 2. The normalized spacial score (nSPS) is 18.0. The van der Waals surface area contributed by atoms with Crippen LogP contribution in [0, 0.1) is 27.7 Å². The number of fused-ring (bicyclic) bond motifs is 3. The standard InChI is InChI=1S/C20H29N2/c1-12-10-11-16-17(13(12)2)22-18(14(3)15(4)21(22)9)20(7,8)19(16,5)6/h10-11H,1-9H3/q+1. The Hall–Kier alpha value is -1.57. The molecule has 118 valence electrons. The smallest absolute Gasteiger partial charge is 0.155 e. The van der Waals surface area contributed by atoms with E-state index in [1.54, 1.807) is 0 Å². The summed E-state index contributed by atoms with van der Waals surface area (Å²) in [5.74, 6) is 0. The Kier molecular flexibility index (Phi) is 2.96. The molecule has 0 saturated carbocycles. The van der Waals surface area contributed by atoms with E-state index in [9.17, 15) is 0 Å². The minimum Gasteiger partial charge on any atom is -0.155 e. The predicted octanol–water partition coefficient (Wildman–Crippen LogP) is 4.10. The van der Waals surface area contributed by atoms with Gasteiger partial charge in [-0.3, -0.25) is 0 Å². The van der Waals surface area contributed by atoms with Crippen LogP contribution in [0.25, 0.3) is 5.69 Å². The minimum absolute atomic E-state index is 0.0812. The molecule has 0 saturated heterocycles. The maximum atomic E-state index is 2.47. The van der Waals surface area contributed by atoms with Crippen LogP contribution in [-0.2, 0) is 17.9 Å². The van der Waals surface area contributed by atoms with E-state index in [-0.39, 0.29) is 10.8 Å². The van der Waals surface area contributed by atoms with E-state index >= 15 is 0 Å². The average Bonchev–Trinajstić information content (AvgIpc) is 2.65. The number of rotatable bonds is 0. The monoisotopic (exact) mass is 297 g/mol. The van der Waals surface area contributed by atoms with Gasteiger partial charge in [0.05, 0.1) is 18.2 Å². The van der Waals surface area contributed by atoms with Crippen molar-refractivity contribution in [2.45, 2.75) is 66.2 Å². The van der Waals surface area contributed by atoms with Gasteiger partial charge in [-0.25, -0.2) is 0 Å². The molecule has 0 aliphatic carbocycles. The summed E-state index contributed by atoms with van der Waals surface area (Å²) < 4.78 is 4.79. The van der Waals surface area contributed by atoms with Crippen LogP contribution in [0.3, 0.4) is 0 Å². The maximum Gasteiger partial charge on any atom is 0.242 e. The first-order valence-corrected chi connectivity index (χ1v) is 8.23. The molecule has 2 aromatic rings. The number of hydrogen-bond donors (Lipinski definition) is 0. The van der Waals surface area contributed by atoms with Crippen LogP contribution in [0.5, 0.6) is 0 Å². The van der Waals surface area contributed by atoms with Crippen LogP contribution >= 0.6 is 0 Å². The molecule has 0 fully saturated rings. The van der Waals surface area contributed by atoms with Crippen LogP contribution in [0.2, 0.25) is 0 Å². The topological polar surface area (TPSA) is 8.81 Å². The molecule has 2 heterocycles. The van der Waals surface area contributed by atoms with Crippen molar-refractivity contribution in [2.24, 2.45) is 7.05 Å². The molecule has 1 aromatic heterocycles. The van der Waals surface area contributed by atoms with Gasteiger partial charge in [0.1, 0.15) is 0 Å². The zero-order valence-electron chi connectivity index (χ0n) is 15.5. The van der Waals surface area contributed by atoms with Crippen molar-refractivity contribution in [3.05, 3.63) is 45.8 Å². The summed E-state index contributed by atoms with van der Waals surface area (Å²) in [4.78, 5) is 0. The summed E-state index contributed by atoms with van der Waals surface area (Å²) in [7, 11) is 2.19. The summed E-state index contributed by atoms with van der Waals surface area (Å²) in [5.41, 5.74) is 10.0. The second kappa shape index (κ2) is 4.24. The Balaban J connectivity index is 2.58. The predicted molar refractivity (Wildman–Crippen MR) is 91.9 cm³/mol. The minimum atomic E-state index is 0.0812. The molecule has 0 atom stereocenters. The molecule has 0 N–H and O–H groups in total. The third-order valence-electron chi connectivity index (χ3n) is 6.64. The Bertz CT molecular complexity index is 789. The first kappa shape index (κ1) is 15.3. The van der Waals surface area contributed by atoms with Gasteiger partial charge in [0, 0.05) is 22.1 Å². The van der Waals surface area contributed by atoms with Gasteiger partial charge in [-0.2, -0.15) is 4.68 Å². The Labute approximate surface area is 134 Å². The molecule has 22 heavy (non-hydrogen) atoms. The van der Waals surface area contributed by atoms with Crippen LogP contribution in [0.1, 0.15) is 61.3 Å². The molecule has 0 bridgehead atoms. The van der Waals surface area contributed by atoms with Crippen molar-refractivity contribution in [1.29, 1.82) is 0 Å². The fourth-order valence-electron chi connectivity index (χ4n) is 4.08. The molecular formula is C20H29N2+. The third-order valence-corrected chi connectivity index (χ3v) is 6.64. The number of nitrogens with zero attached hydrogens (tertiary/aromatic N) is 2.